The zero-order chi connectivity index (χ0) is 21.1. The molecule has 3 atom stereocenters. The van der Waals surface area contributed by atoms with Crippen LogP contribution >= 0.6 is 11.8 Å². The molecule has 0 bridgehead atoms. The minimum atomic E-state index is -1.10. The first-order chi connectivity index (χ1) is 14.5. The number of amides is 2. The Hall–Kier alpha value is -3.39. The standard InChI is InChI=1S/C22H19N3O4S/c26-17(12-15-4-2-1-3-5-15)24-18-20(27)25-19(22(28)29)16(13-30-21(18)25)7-6-14-8-10-23-11-9-14/h1-11,13,18-19,21H,12H2,(H,24,26)(H,28,29)/b7-6+/t18?,19?,21-/m1/s1. The molecule has 2 amide bonds. The Labute approximate surface area is 177 Å². The summed E-state index contributed by atoms with van der Waals surface area (Å²) in [5, 5.41) is 13.8. The van der Waals surface area contributed by atoms with Crippen molar-refractivity contribution in [1.29, 1.82) is 0 Å². The molecular weight excluding hydrogens is 402 g/mol. The number of carbonyl (C=O) groups is 3. The van der Waals surface area contributed by atoms with E-state index in [-0.39, 0.29) is 18.2 Å². The summed E-state index contributed by atoms with van der Waals surface area (Å²) in [6.45, 7) is 0. The van der Waals surface area contributed by atoms with E-state index < -0.39 is 23.4 Å². The van der Waals surface area contributed by atoms with Crippen LogP contribution in [0.2, 0.25) is 0 Å². The van der Waals surface area contributed by atoms with Crippen LogP contribution in [0.4, 0.5) is 0 Å². The lowest BCUT2D eigenvalue weighted by molar-refractivity contribution is -0.159. The molecule has 0 saturated carbocycles. The number of hydrogen-bond acceptors (Lipinski definition) is 5. The van der Waals surface area contributed by atoms with E-state index in [1.807, 2.05) is 30.3 Å². The molecule has 1 fully saturated rings. The molecule has 0 radical (unpaired) electrons. The fraction of sp³-hybridized carbons (Fsp3) is 0.182. The first-order valence-electron chi connectivity index (χ1n) is 9.36. The maximum atomic E-state index is 12.7. The summed E-state index contributed by atoms with van der Waals surface area (Å²) in [5.41, 5.74) is 2.24. The molecule has 30 heavy (non-hydrogen) atoms. The van der Waals surface area contributed by atoms with Crippen LogP contribution in [0.3, 0.4) is 0 Å². The lowest BCUT2D eigenvalue weighted by atomic mass is 9.97. The quantitative estimate of drug-likeness (QED) is 0.693. The van der Waals surface area contributed by atoms with E-state index in [4.69, 9.17) is 0 Å². The predicted octanol–water partition coefficient (Wildman–Crippen LogP) is 2.07. The maximum Gasteiger partial charge on any atom is 0.331 e. The largest absolute Gasteiger partial charge is 0.479 e. The van der Waals surface area contributed by atoms with Gasteiger partial charge in [0.1, 0.15) is 11.4 Å². The number of pyridine rings is 1. The topological polar surface area (TPSA) is 99.6 Å². The normalized spacial score (nSPS) is 22.8. The zero-order valence-corrected chi connectivity index (χ0v) is 16.7. The molecule has 4 rings (SSSR count). The highest BCUT2D eigenvalue weighted by Crippen LogP contribution is 2.40. The summed E-state index contributed by atoms with van der Waals surface area (Å²) in [4.78, 5) is 42.2. The number of rotatable bonds is 6. The number of nitrogens with one attached hydrogen (secondary N) is 1. The molecule has 1 aromatic carbocycles. The number of thioether (sulfide) groups is 1. The first kappa shape index (κ1) is 19.9. The van der Waals surface area contributed by atoms with Crippen LogP contribution in [0, 0.1) is 0 Å². The van der Waals surface area contributed by atoms with E-state index in [0.717, 1.165) is 11.1 Å². The average molecular weight is 421 g/mol. The molecule has 0 spiro atoms. The second-order valence-corrected chi connectivity index (χ2v) is 7.94. The van der Waals surface area contributed by atoms with Gasteiger partial charge in [0, 0.05) is 12.4 Å². The molecule has 1 aromatic heterocycles. The number of aromatic nitrogens is 1. The number of carboxylic acids is 1. The lowest BCUT2D eigenvalue weighted by Gasteiger charge is -2.51. The summed E-state index contributed by atoms with van der Waals surface area (Å²) in [6.07, 6.45) is 6.95. The number of hydrogen-bond donors (Lipinski definition) is 2. The van der Waals surface area contributed by atoms with Gasteiger partial charge in [-0.25, -0.2) is 4.79 Å². The van der Waals surface area contributed by atoms with E-state index in [1.165, 1.54) is 16.7 Å². The van der Waals surface area contributed by atoms with Gasteiger partial charge in [0.2, 0.25) is 11.8 Å². The summed E-state index contributed by atoms with van der Waals surface area (Å²) in [5.74, 6) is -1.75. The number of nitrogens with zero attached hydrogens (tertiary/aromatic N) is 2. The Bertz CT molecular complexity index is 1020. The van der Waals surface area contributed by atoms with Crippen molar-refractivity contribution in [2.24, 2.45) is 0 Å². The zero-order valence-electron chi connectivity index (χ0n) is 15.8. The Balaban J connectivity index is 1.46. The van der Waals surface area contributed by atoms with E-state index in [9.17, 15) is 19.5 Å². The Kier molecular flexibility index (Phi) is 5.67. The highest BCUT2D eigenvalue weighted by atomic mass is 32.2. The fourth-order valence-electron chi connectivity index (χ4n) is 3.48. The Morgan fingerprint density at radius 2 is 1.87 bits per heavy atom. The molecule has 2 aromatic rings. The highest BCUT2D eigenvalue weighted by molar-refractivity contribution is 8.03. The summed E-state index contributed by atoms with van der Waals surface area (Å²) in [6, 6.07) is 11.0. The van der Waals surface area contributed by atoms with Gasteiger partial charge in [-0.15, -0.1) is 11.8 Å². The minimum Gasteiger partial charge on any atom is -0.479 e. The Morgan fingerprint density at radius 1 is 1.13 bits per heavy atom. The van der Waals surface area contributed by atoms with E-state index in [2.05, 4.69) is 10.3 Å². The van der Waals surface area contributed by atoms with E-state index >= 15 is 0 Å². The third-order valence-electron chi connectivity index (χ3n) is 4.95. The van der Waals surface area contributed by atoms with E-state index in [0.29, 0.717) is 5.57 Å². The van der Waals surface area contributed by atoms with Crippen molar-refractivity contribution in [1.82, 2.24) is 15.2 Å². The van der Waals surface area contributed by atoms with Crippen molar-refractivity contribution in [2.75, 3.05) is 0 Å². The van der Waals surface area contributed by atoms with Crippen LogP contribution in [0.15, 0.2) is 71.9 Å². The van der Waals surface area contributed by atoms with Gasteiger partial charge in [-0.1, -0.05) is 42.5 Å². The van der Waals surface area contributed by atoms with Gasteiger partial charge in [-0.3, -0.25) is 14.6 Å². The van der Waals surface area contributed by atoms with Crippen LogP contribution in [0.25, 0.3) is 6.08 Å². The van der Waals surface area contributed by atoms with Crippen molar-refractivity contribution in [3.8, 4) is 0 Å². The van der Waals surface area contributed by atoms with Crippen molar-refractivity contribution in [3.63, 3.8) is 0 Å². The van der Waals surface area contributed by atoms with Gasteiger partial charge in [0.15, 0.2) is 6.04 Å². The molecule has 0 aliphatic carbocycles. The SMILES string of the molecule is O=C(Cc1ccccc1)NC1C(=O)N2C(C(=O)O)C(/C=C/c3ccncc3)=CS[C@H]12. The van der Waals surface area contributed by atoms with Crippen LogP contribution in [0.5, 0.6) is 0 Å². The fourth-order valence-corrected chi connectivity index (χ4v) is 4.68. The smallest absolute Gasteiger partial charge is 0.331 e. The number of fused-ring (bicyclic) bond motifs is 1. The van der Waals surface area contributed by atoms with Gasteiger partial charge in [-0.05, 0) is 34.2 Å². The molecule has 1 saturated heterocycles. The average Bonchev–Trinajstić information content (AvgIpc) is 2.76. The highest BCUT2D eigenvalue weighted by Gasteiger charge is 2.55. The summed E-state index contributed by atoms with van der Waals surface area (Å²) >= 11 is 1.34. The number of aliphatic carboxylic acids is 1. The van der Waals surface area contributed by atoms with Crippen LogP contribution in [-0.4, -0.2) is 50.2 Å². The van der Waals surface area contributed by atoms with Gasteiger partial charge in [-0.2, -0.15) is 0 Å². The second-order valence-electron chi connectivity index (χ2n) is 6.95. The van der Waals surface area contributed by atoms with Crippen molar-refractivity contribution < 1.29 is 19.5 Å². The lowest BCUT2D eigenvalue weighted by Crippen LogP contribution is -2.73. The number of carboxylic acid groups (broad SMARTS) is 1. The molecular formula is C22H19N3O4S. The van der Waals surface area contributed by atoms with Gasteiger partial charge in [0.25, 0.3) is 0 Å². The molecule has 7 nitrogen and oxygen atoms in total. The molecule has 2 N–H and O–H groups in total. The summed E-state index contributed by atoms with van der Waals surface area (Å²) in [7, 11) is 0. The monoisotopic (exact) mass is 421 g/mol. The third kappa shape index (κ3) is 3.99. The molecule has 3 heterocycles. The number of carbonyl (C=O) groups excluding carboxylic acids is 2. The van der Waals surface area contributed by atoms with Gasteiger partial charge >= 0.3 is 5.97 Å². The molecule has 2 unspecified atom stereocenters. The van der Waals surface area contributed by atoms with Crippen molar-refractivity contribution >= 4 is 35.6 Å². The first-order valence-corrected chi connectivity index (χ1v) is 10.3. The number of benzene rings is 1. The Morgan fingerprint density at radius 3 is 2.57 bits per heavy atom. The molecule has 2 aliphatic rings. The third-order valence-corrected chi connectivity index (χ3v) is 6.14. The summed E-state index contributed by atoms with van der Waals surface area (Å²) < 4.78 is 0. The number of β-lactam (4-membered cyclic amide) rings is 1. The molecule has 2 aliphatic heterocycles. The second kappa shape index (κ2) is 8.54. The minimum absolute atomic E-state index is 0.167. The maximum absolute atomic E-state index is 12.7. The van der Waals surface area contributed by atoms with Crippen LogP contribution in [0.1, 0.15) is 11.1 Å². The van der Waals surface area contributed by atoms with Crippen molar-refractivity contribution in [3.05, 3.63) is 83.0 Å². The van der Waals surface area contributed by atoms with Crippen LogP contribution < -0.4 is 5.32 Å². The van der Waals surface area contributed by atoms with Crippen LogP contribution in [-0.2, 0) is 20.8 Å². The predicted molar refractivity (Wildman–Crippen MR) is 113 cm³/mol. The van der Waals surface area contributed by atoms with Gasteiger partial charge < -0.3 is 15.3 Å². The molecule has 152 valence electrons. The van der Waals surface area contributed by atoms with E-state index in [1.54, 1.807) is 42.1 Å². The van der Waals surface area contributed by atoms with Gasteiger partial charge in [0.05, 0.1) is 6.42 Å². The van der Waals surface area contributed by atoms with Crippen molar-refractivity contribution in [2.45, 2.75) is 23.9 Å². The molecule has 8 heteroatoms.